The summed E-state index contributed by atoms with van der Waals surface area (Å²) in [5, 5.41) is 8.85. The predicted octanol–water partition coefficient (Wildman–Crippen LogP) is 0.746. The number of nitrogens with zero attached hydrogens (tertiary/aromatic N) is 3. The summed E-state index contributed by atoms with van der Waals surface area (Å²) in [5.41, 5.74) is 3.11. The lowest BCUT2D eigenvalue weighted by Crippen LogP contribution is -2.73. The molecule has 0 unspecified atom stereocenters. The Morgan fingerprint density at radius 2 is 2.03 bits per heavy atom. The number of guanidine groups is 1. The zero-order valence-corrected chi connectivity index (χ0v) is 20.0. The van der Waals surface area contributed by atoms with Gasteiger partial charge in [-0.1, -0.05) is 23.9 Å². The van der Waals surface area contributed by atoms with E-state index in [1.807, 2.05) is 19.2 Å². The number of ether oxygens (including phenoxy) is 2. The van der Waals surface area contributed by atoms with Gasteiger partial charge in [0, 0.05) is 24.1 Å². The van der Waals surface area contributed by atoms with Gasteiger partial charge in [0.2, 0.25) is 0 Å². The van der Waals surface area contributed by atoms with Crippen LogP contribution in [-0.4, -0.2) is 45.3 Å². The Hall–Kier alpha value is -3.46. The molecule has 2 aliphatic heterocycles. The lowest BCUT2D eigenvalue weighted by molar-refractivity contribution is -0.656. The second-order valence-electron chi connectivity index (χ2n) is 7.89. The van der Waals surface area contributed by atoms with Gasteiger partial charge in [-0.3, -0.25) is 15.6 Å². The van der Waals surface area contributed by atoms with Crippen LogP contribution in [0.15, 0.2) is 46.3 Å². The maximum absolute atomic E-state index is 5.60. The van der Waals surface area contributed by atoms with Crippen LogP contribution < -0.4 is 34.6 Å². The van der Waals surface area contributed by atoms with Gasteiger partial charge in [-0.05, 0) is 23.2 Å². The number of benzene rings is 2. The Labute approximate surface area is 197 Å². The smallest absolute Gasteiger partial charge is 0.344 e. The highest BCUT2D eigenvalue weighted by Gasteiger charge is 2.26. The lowest BCUT2D eigenvalue weighted by atomic mass is 10.1. The minimum Gasteiger partial charge on any atom is -0.493 e. The highest BCUT2D eigenvalue weighted by atomic mass is 32.2. The van der Waals surface area contributed by atoms with Gasteiger partial charge in [-0.2, -0.15) is 0 Å². The molecule has 1 aromatic heterocycles. The van der Waals surface area contributed by atoms with Crippen LogP contribution in [0.4, 0.5) is 5.69 Å². The zero-order valence-electron chi connectivity index (χ0n) is 19.2. The van der Waals surface area contributed by atoms with Crippen molar-refractivity contribution in [3.63, 3.8) is 0 Å². The minimum atomic E-state index is 0.579. The molecule has 0 saturated carbocycles. The monoisotopic (exact) mass is 464 g/mol. The Morgan fingerprint density at radius 1 is 1.24 bits per heavy atom. The number of fused-ring (bicyclic) bond motifs is 2. The van der Waals surface area contributed by atoms with Gasteiger partial charge < -0.3 is 14.4 Å². The first-order valence-corrected chi connectivity index (χ1v) is 11.7. The summed E-state index contributed by atoms with van der Waals surface area (Å²) in [4.78, 5) is 11.8. The van der Waals surface area contributed by atoms with E-state index in [-0.39, 0.29) is 0 Å². The number of rotatable bonds is 5. The van der Waals surface area contributed by atoms with E-state index in [2.05, 4.69) is 62.5 Å². The summed E-state index contributed by atoms with van der Waals surface area (Å²) >= 11 is 1.75. The standard InChI is InChI=1S/C24H27N6O2S/c1-29-18-13-20(32-4)19(31-3)11-15(18)16(28-22(29)14-27-24-25-9-10-26-24)12-23-30(2)17-7-5-6-8-21(17)33-23/h5-8,11-13H,9-10,14H2,1-4H3,(H2,25,26,27)/q+1/p+1. The first-order valence-electron chi connectivity index (χ1n) is 10.8. The van der Waals surface area contributed by atoms with Crippen molar-refractivity contribution in [3.8, 4) is 11.5 Å². The van der Waals surface area contributed by atoms with E-state index in [4.69, 9.17) is 14.5 Å². The fraction of sp³-hybridized carbons (Fsp3) is 0.292. The fourth-order valence-corrected chi connectivity index (χ4v) is 5.21. The molecular weight excluding hydrogens is 436 g/mol. The molecule has 3 aromatic rings. The number of methoxy groups -OCH3 is 2. The Kier molecular flexibility index (Phi) is 5.72. The molecule has 3 heterocycles. The topological polar surface area (TPSA) is 76.5 Å². The number of hydrogen-bond donors (Lipinski definition) is 3. The van der Waals surface area contributed by atoms with Gasteiger partial charge in [0.1, 0.15) is 5.52 Å². The summed E-state index contributed by atoms with van der Waals surface area (Å²) in [6.45, 7) is 2.41. The first-order chi connectivity index (χ1) is 16.1. The van der Waals surface area contributed by atoms with E-state index in [1.165, 1.54) is 10.6 Å². The van der Waals surface area contributed by atoms with E-state index in [9.17, 15) is 0 Å². The Balaban J connectivity index is 1.63. The van der Waals surface area contributed by atoms with Gasteiger partial charge in [0.25, 0.3) is 0 Å². The molecule has 0 saturated heterocycles. The van der Waals surface area contributed by atoms with Gasteiger partial charge in [0.15, 0.2) is 23.7 Å². The highest BCUT2D eigenvalue weighted by molar-refractivity contribution is 8.03. The van der Waals surface area contributed by atoms with Crippen molar-refractivity contribution in [1.82, 2.24) is 15.6 Å². The summed E-state index contributed by atoms with van der Waals surface area (Å²) < 4.78 is 13.3. The number of aromatic nitrogens is 2. The molecule has 5 rings (SSSR count). The number of anilines is 1. The van der Waals surface area contributed by atoms with E-state index in [1.54, 1.807) is 26.0 Å². The van der Waals surface area contributed by atoms with Crippen LogP contribution >= 0.6 is 11.8 Å². The molecule has 0 amide bonds. The van der Waals surface area contributed by atoms with Crippen LogP contribution in [0.25, 0.3) is 17.0 Å². The molecule has 0 aliphatic carbocycles. The fourth-order valence-electron chi connectivity index (χ4n) is 4.13. The van der Waals surface area contributed by atoms with Crippen LogP contribution in [0, 0.1) is 0 Å². The SMILES string of the molecule is COc1cc2c(C=C3Sc4ccccc4N3C)nc(CNC3=[NH+]CCN3)[n+](C)c2cc1OC. The van der Waals surface area contributed by atoms with Gasteiger partial charge in [-0.25, -0.2) is 4.57 Å². The van der Waals surface area contributed by atoms with Crippen LogP contribution in [0.5, 0.6) is 11.5 Å². The quantitative estimate of drug-likeness (QED) is 0.481. The molecule has 0 atom stereocenters. The van der Waals surface area contributed by atoms with Crippen LogP contribution in [0.2, 0.25) is 0 Å². The lowest BCUT2D eigenvalue weighted by Gasteiger charge is -2.14. The van der Waals surface area contributed by atoms with E-state index < -0.39 is 0 Å². The minimum absolute atomic E-state index is 0.579. The Morgan fingerprint density at radius 3 is 2.76 bits per heavy atom. The summed E-state index contributed by atoms with van der Waals surface area (Å²) in [6, 6.07) is 12.5. The average molecular weight is 465 g/mol. The number of thioether (sulfide) groups is 1. The van der Waals surface area contributed by atoms with Crippen molar-refractivity contribution in [3.05, 3.63) is 52.9 Å². The molecule has 8 nitrogen and oxygen atoms in total. The normalized spacial score (nSPS) is 16.1. The van der Waals surface area contributed by atoms with Crippen molar-refractivity contribution in [2.75, 3.05) is 39.3 Å². The molecule has 2 aromatic carbocycles. The molecular formula is C24H28N6O2S+2. The van der Waals surface area contributed by atoms with Gasteiger partial charge in [0.05, 0.1) is 50.5 Å². The van der Waals surface area contributed by atoms with Crippen molar-refractivity contribution in [1.29, 1.82) is 0 Å². The van der Waals surface area contributed by atoms with Crippen molar-refractivity contribution >= 4 is 40.4 Å². The maximum atomic E-state index is 5.60. The van der Waals surface area contributed by atoms with Crippen molar-refractivity contribution < 1.29 is 19.0 Å². The molecule has 3 N–H and O–H groups in total. The van der Waals surface area contributed by atoms with Crippen LogP contribution in [0.3, 0.4) is 0 Å². The predicted molar refractivity (Wildman–Crippen MR) is 130 cm³/mol. The number of nitrogens with one attached hydrogen (secondary N) is 3. The van der Waals surface area contributed by atoms with Gasteiger partial charge in [-0.15, -0.1) is 0 Å². The van der Waals surface area contributed by atoms with Crippen molar-refractivity contribution in [2.24, 2.45) is 7.05 Å². The number of para-hydroxylation sites is 1. The molecule has 9 heteroatoms. The summed E-state index contributed by atoms with van der Waals surface area (Å²) in [6.07, 6.45) is 2.15. The first kappa shape index (κ1) is 21.4. The third-order valence-corrected chi connectivity index (χ3v) is 7.13. The summed E-state index contributed by atoms with van der Waals surface area (Å²) in [7, 11) is 7.44. The second-order valence-corrected chi connectivity index (χ2v) is 8.95. The third kappa shape index (κ3) is 3.93. The average Bonchev–Trinajstić information content (AvgIpc) is 3.47. The second kappa shape index (κ2) is 8.82. The molecule has 170 valence electrons. The Bertz CT molecular complexity index is 1290. The molecule has 0 radical (unpaired) electrons. The van der Waals surface area contributed by atoms with Gasteiger partial charge >= 0.3 is 11.8 Å². The highest BCUT2D eigenvalue weighted by Crippen LogP contribution is 2.45. The number of hydrogen-bond acceptors (Lipinski definition) is 7. The van der Waals surface area contributed by atoms with Crippen LogP contribution in [-0.2, 0) is 13.6 Å². The van der Waals surface area contributed by atoms with E-state index in [0.29, 0.717) is 18.0 Å². The molecule has 0 fully saturated rings. The zero-order chi connectivity index (χ0) is 22.9. The molecule has 0 bridgehead atoms. The third-order valence-electron chi connectivity index (χ3n) is 5.96. The van der Waals surface area contributed by atoms with E-state index in [0.717, 1.165) is 46.5 Å². The summed E-state index contributed by atoms with van der Waals surface area (Å²) in [5.74, 6) is 3.22. The maximum Gasteiger partial charge on any atom is 0.344 e. The molecule has 0 spiro atoms. The molecule has 2 aliphatic rings. The number of aryl methyl sites for hydroxylation is 1. The van der Waals surface area contributed by atoms with E-state index >= 15 is 0 Å². The largest absolute Gasteiger partial charge is 0.493 e. The van der Waals surface area contributed by atoms with Crippen LogP contribution in [0.1, 0.15) is 11.5 Å². The van der Waals surface area contributed by atoms with Crippen molar-refractivity contribution in [2.45, 2.75) is 11.4 Å². The molecule has 33 heavy (non-hydrogen) atoms.